The van der Waals surface area contributed by atoms with Gasteiger partial charge >= 0.3 is 11.9 Å². The molecular formula is C19H24O6. The number of aliphatic hydroxyl groups excluding tert-OH is 1. The summed E-state index contributed by atoms with van der Waals surface area (Å²) in [5.41, 5.74) is 1.23. The Morgan fingerprint density at radius 1 is 1.48 bits per heavy atom. The van der Waals surface area contributed by atoms with Crippen LogP contribution in [0, 0.1) is 11.8 Å². The molecule has 1 N–H and O–H groups in total. The maximum atomic E-state index is 12.1. The van der Waals surface area contributed by atoms with Crippen molar-refractivity contribution in [1.82, 2.24) is 0 Å². The topological polar surface area (TPSA) is 89.9 Å². The number of esters is 2. The quantitative estimate of drug-likeness (QED) is 0.362. The normalized spacial score (nSPS) is 34.3. The summed E-state index contributed by atoms with van der Waals surface area (Å²) >= 11 is 0. The van der Waals surface area contributed by atoms with E-state index in [2.05, 4.69) is 6.58 Å². The summed E-state index contributed by atoms with van der Waals surface area (Å²) in [6, 6.07) is 0. The van der Waals surface area contributed by atoms with Gasteiger partial charge in [0.25, 0.3) is 0 Å². The number of ether oxygens (including phenoxy) is 2. The fraction of sp³-hybridized carbons (Fsp3) is 0.526. The highest BCUT2D eigenvalue weighted by Crippen LogP contribution is 2.36. The minimum atomic E-state index is -1.36. The van der Waals surface area contributed by atoms with Gasteiger partial charge < -0.3 is 14.6 Å². The summed E-state index contributed by atoms with van der Waals surface area (Å²) in [4.78, 5) is 35.6. The van der Waals surface area contributed by atoms with Gasteiger partial charge in [0.2, 0.25) is 0 Å². The number of allylic oxidation sites excluding steroid dienone is 2. The molecule has 1 aliphatic carbocycles. The third-order valence-corrected chi connectivity index (χ3v) is 4.50. The summed E-state index contributed by atoms with van der Waals surface area (Å²) in [6.07, 6.45) is 2.01. The van der Waals surface area contributed by atoms with Crippen molar-refractivity contribution >= 4 is 18.2 Å². The fourth-order valence-electron chi connectivity index (χ4n) is 2.99. The van der Waals surface area contributed by atoms with Gasteiger partial charge in [-0.15, -0.1) is 0 Å². The largest absolute Gasteiger partial charge is 0.458 e. The maximum Gasteiger partial charge on any atom is 0.334 e. The Labute approximate surface area is 147 Å². The fourth-order valence-corrected chi connectivity index (χ4v) is 2.99. The van der Waals surface area contributed by atoms with Gasteiger partial charge in [-0.1, -0.05) is 32.1 Å². The van der Waals surface area contributed by atoms with Gasteiger partial charge in [0.1, 0.15) is 24.6 Å². The van der Waals surface area contributed by atoms with Crippen molar-refractivity contribution in [1.29, 1.82) is 0 Å². The molecule has 0 saturated carbocycles. The molecular weight excluding hydrogens is 324 g/mol. The highest BCUT2D eigenvalue weighted by molar-refractivity contribution is 5.91. The first kappa shape index (κ1) is 19.1. The van der Waals surface area contributed by atoms with Gasteiger partial charge in [-0.25, -0.2) is 4.79 Å². The van der Waals surface area contributed by atoms with Crippen LogP contribution in [0.5, 0.6) is 0 Å². The van der Waals surface area contributed by atoms with Crippen molar-refractivity contribution in [2.24, 2.45) is 11.8 Å². The van der Waals surface area contributed by atoms with Crippen LogP contribution in [-0.4, -0.2) is 41.6 Å². The summed E-state index contributed by atoms with van der Waals surface area (Å²) in [6.45, 7) is 8.97. The van der Waals surface area contributed by atoms with Crippen LogP contribution < -0.4 is 0 Å². The van der Waals surface area contributed by atoms with Crippen molar-refractivity contribution in [3.63, 3.8) is 0 Å². The average molecular weight is 348 g/mol. The average Bonchev–Trinajstić information content (AvgIpc) is 2.82. The lowest BCUT2D eigenvalue weighted by molar-refractivity contribution is -0.162. The predicted octanol–water partition coefficient (Wildman–Crippen LogP) is 1.88. The first-order chi connectivity index (χ1) is 11.8. The summed E-state index contributed by atoms with van der Waals surface area (Å²) < 4.78 is 10.8. The zero-order valence-electron chi connectivity index (χ0n) is 14.7. The van der Waals surface area contributed by atoms with Crippen LogP contribution in [0.4, 0.5) is 0 Å². The third kappa shape index (κ3) is 4.07. The molecule has 0 aromatic heterocycles. The van der Waals surface area contributed by atoms with Crippen molar-refractivity contribution in [3.05, 3.63) is 35.5 Å². The van der Waals surface area contributed by atoms with Gasteiger partial charge in [0.15, 0.2) is 0 Å². The summed E-state index contributed by atoms with van der Waals surface area (Å²) in [7, 11) is 0. The molecule has 4 atom stereocenters. The second-order valence-electron chi connectivity index (χ2n) is 6.80. The van der Waals surface area contributed by atoms with Crippen LogP contribution in [0.3, 0.4) is 0 Å². The molecule has 2 aliphatic rings. The number of fused-ring (bicyclic) bond motifs is 1. The van der Waals surface area contributed by atoms with E-state index in [1.165, 1.54) is 0 Å². The number of rotatable bonds is 3. The van der Waals surface area contributed by atoms with Gasteiger partial charge in [-0.2, -0.15) is 0 Å². The molecule has 1 fully saturated rings. The van der Waals surface area contributed by atoms with Crippen molar-refractivity contribution in [2.45, 2.75) is 51.9 Å². The molecule has 0 aromatic rings. The van der Waals surface area contributed by atoms with Crippen LogP contribution in [0.2, 0.25) is 0 Å². The van der Waals surface area contributed by atoms with E-state index in [-0.39, 0.29) is 11.1 Å². The Kier molecular flexibility index (Phi) is 5.95. The molecule has 0 unspecified atom stereocenters. The van der Waals surface area contributed by atoms with Gasteiger partial charge in [-0.3, -0.25) is 9.59 Å². The Morgan fingerprint density at radius 3 is 2.76 bits per heavy atom. The van der Waals surface area contributed by atoms with E-state index in [4.69, 9.17) is 9.47 Å². The Morgan fingerprint density at radius 2 is 2.16 bits per heavy atom. The number of aldehydes is 1. The number of hydrogen-bond donors (Lipinski definition) is 1. The van der Waals surface area contributed by atoms with E-state index in [1.807, 2.05) is 6.92 Å². The van der Waals surface area contributed by atoms with Crippen LogP contribution in [-0.2, 0) is 23.9 Å². The molecule has 136 valence electrons. The minimum Gasteiger partial charge on any atom is -0.458 e. The van der Waals surface area contributed by atoms with E-state index < -0.39 is 42.1 Å². The van der Waals surface area contributed by atoms with E-state index in [0.717, 1.165) is 5.57 Å². The number of aliphatic hydroxyl groups is 1. The van der Waals surface area contributed by atoms with Crippen LogP contribution in [0.25, 0.3) is 0 Å². The lowest BCUT2D eigenvalue weighted by Crippen LogP contribution is -2.43. The minimum absolute atomic E-state index is 0.125. The van der Waals surface area contributed by atoms with E-state index in [1.54, 1.807) is 26.0 Å². The summed E-state index contributed by atoms with van der Waals surface area (Å²) in [5, 5.41) is 10.7. The molecule has 1 heterocycles. The molecule has 0 amide bonds. The molecule has 0 radical (unpaired) electrons. The van der Waals surface area contributed by atoms with Crippen molar-refractivity contribution in [2.75, 3.05) is 0 Å². The van der Waals surface area contributed by atoms with Crippen LogP contribution >= 0.6 is 0 Å². The van der Waals surface area contributed by atoms with E-state index >= 15 is 0 Å². The smallest absolute Gasteiger partial charge is 0.334 e. The first-order valence-corrected chi connectivity index (χ1v) is 8.37. The molecule has 2 rings (SSSR count). The highest BCUT2D eigenvalue weighted by Gasteiger charge is 2.48. The number of hydrogen-bond acceptors (Lipinski definition) is 6. The molecule has 0 spiro atoms. The highest BCUT2D eigenvalue weighted by atomic mass is 16.6. The second-order valence-corrected chi connectivity index (χ2v) is 6.80. The third-order valence-electron chi connectivity index (χ3n) is 4.50. The Hall–Kier alpha value is -2.21. The van der Waals surface area contributed by atoms with Crippen molar-refractivity contribution in [3.8, 4) is 0 Å². The number of carbonyl (C=O) groups excluding carboxylic acids is 3. The van der Waals surface area contributed by atoms with Gasteiger partial charge in [-0.05, 0) is 25.8 Å². The molecule has 0 aromatic carbocycles. The maximum absolute atomic E-state index is 12.1. The van der Waals surface area contributed by atoms with E-state index in [9.17, 15) is 19.5 Å². The molecule has 6 heteroatoms. The predicted molar refractivity (Wildman–Crippen MR) is 90.4 cm³/mol. The molecule has 1 saturated heterocycles. The lowest BCUT2D eigenvalue weighted by Gasteiger charge is -2.31. The zero-order chi connectivity index (χ0) is 18.7. The summed E-state index contributed by atoms with van der Waals surface area (Å²) in [5.74, 6) is -2.29. The van der Waals surface area contributed by atoms with Crippen LogP contribution in [0.1, 0.15) is 33.6 Å². The van der Waals surface area contributed by atoms with Crippen molar-refractivity contribution < 1.29 is 29.0 Å². The molecule has 25 heavy (non-hydrogen) atoms. The van der Waals surface area contributed by atoms with Crippen LogP contribution in [0.15, 0.2) is 35.5 Å². The molecule has 1 aliphatic heterocycles. The van der Waals surface area contributed by atoms with Gasteiger partial charge in [0, 0.05) is 11.1 Å². The zero-order valence-corrected chi connectivity index (χ0v) is 14.7. The Bertz CT molecular complexity index is 642. The lowest BCUT2D eigenvalue weighted by atomic mass is 9.83. The SMILES string of the molecule is C=C1C(=O)O[C@@H]2/C=C(\C)CC/C=C(/C=O)[C@H](O)[C@@H](OC(=O)C(C)C)[C@H]12. The molecule has 0 bridgehead atoms. The Balaban J connectivity index is 2.50. The standard InChI is InChI=1S/C19H24O6/c1-10(2)18(22)25-17-15-12(4)19(23)24-14(15)8-11(3)6-5-7-13(9-20)16(17)21/h7-10,14-17,21H,4-6H2,1-3H3/b11-8+,13-7-/t14-,15-,16+,17+/m1/s1. The monoisotopic (exact) mass is 348 g/mol. The first-order valence-electron chi connectivity index (χ1n) is 8.37. The molecule has 6 nitrogen and oxygen atoms in total. The second kappa shape index (κ2) is 7.78. The number of carbonyl (C=O) groups is 3. The van der Waals surface area contributed by atoms with E-state index in [0.29, 0.717) is 19.1 Å². The van der Waals surface area contributed by atoms with Gasteiger partial charge in [0.05, 0.1) is 11.8 Å².